The van der Waals surface area contributed by atoms with Crippen LogP contribution in [0.25, 0.3) is 0 Å². The number of fused-ring (bicyclic) bond motifs is 2. The Labute approximate surface area is 233 Å². The van der Waals surface area contributed by atoms with Crippen LogP contribution in [0.5, 0.6) is 0 Å². The van der Waals surface area contributed by atoms with Gasteiger partial charge in [0, 0.05) is 55.2 Å². The average molecular weight is 585 g/mol. The monoisotopic (exact) mass is 584 g/mol. The van der Waals surface area contributed by atoms with E-state index in [0.717, 1.165) is 6.42 Å². The van der Waals surface area contributed by atoms with Gasteiger partial charge < -0.3 is 16.4 Å². The van der Waals surface area contributed by atoms with Gasteiger partial charge in [-0.25, -0.2) is 21.9 Å². The van der Waals surface area contributed by atoms with Crippen LogP contribution < -0.4 is 16.4 Å². The highest BCUT2D eigenvalue weighted by atomic mass is 32.3. The third-order valence-corrected chi connectivity index (χ3v) is 10.5. The molecule has 5 rings (SSSR count). The molecule has 5 atom stereocenters. The van der Waals surface area contributed by atoms with E-state index < -0.39 is 65.0 Å². The smallest absolute Gasteiger partial charge is 0.248 e. The van der Waals surface area contributed by atoms with Crippen molar-refractivity contribution in [2.45, 2.75) is 68.5 Å². The number of rotatable bonds is 8. The van der Waals surface area contributed by atoms with Gasteiger partial charge in [0.2, 0.25) is 11.8 Å². The van der Waals surface area contributed by atoms with Gasteiger partial charge in [-0.15, -0.1) is 10.8 Å². The number of carbonyl (C=O) groups is 1. The molecule has 0 spiro atoms. The fourth-order valence-electron chi connectivity index (χ4n) is 6.31. The van der Waals surface area contributed by atoms with Crippen molar-refractivity contribution in [3.63, 3.8) is 0 Å². The molecule has 1 saturated carbocycles. The molecule has 1 amide bonds. The number of nitrogens with one attached hydrogen (secondary N) is 2. The highest BCUT2D eigenvalue weighted by Gasteiger charge is 2.51. The predicted molar refractivity (Wildman–Crippen MR) is 147 cm³/mol. The highest BCUT2D eigenvalue weighted by Crippen LogP contribution is 2.51. The predicted octanol–water partition coefficient (Wildman–Crippen LogP) is 5.09. The van der Waals surface area contributed by atoms with Crippen LogP contribution in [0.15, 0.2) is 42.5 Å². The zero-order valence-electron chi connectivity index (χ0n) is 22.0. The van der Waals surface area contributed by atoms with E-state index in [2.05, 4.69) is 10.6 Å². The van der Waals surface area contributed by atoms with Gasteiger partial charge in [-0.2, -0.15) is 0 Å². The fourth-order valence-corrected chi connectivity index (χ4v) is 8.18. The summed E-state index contributed by atoms with van der Waals surface area (Å²) < 4.78 is 79.2. The molecule has 2 bridgehead atoms. The van der Waals surface area contributed by atoms with Gasteiger partial charge in [0.15, 0.2) is 0 Å². The number of hydrogen-bond acceptors (Lipinski definition) is 6. The lowest BCUT2D eigenvalue weighted by molar-refractivity contribution is -0.128. The maximum Gasteiger partial charge on any atom is 0.248 e. The van der Waals surface area contributed by atoms with Crippen molar-refractivity contribution in [3.05, 3.63) is 65.2 Å². The molecule has 1 aliphatic carbocycles. The van der Waals surface area contributed by atoms with Crippen LogP contribution in [0.2, 0.25) is 0 Å². The minimum atomic E-state index is -2.91. The normalized spacial score (nSPS) is 28.0. The Kier molecular flexibility index (Phi) is 8.47. The molecule has 3 aliphatic rings. The van der Waals surface area contributed by atoms with E-state index in [1.807, 2.05) is 0 Å². The first kappa shape index (κ1) is 29.3. The molecule has 7 nitrogen and oxygen atoms in total. The molecule has 0 aromatic heterocycles. The standard InChI is InChI=1S/C28H36F4N4O3S/c29-19-8-6-17(7-9-19)25(18-13-28(31,32)14-18)26(33)27(37)35-24-5-1-4-23(30)22(24)11-10-21-15-34-20-3-2-12-40(38,39)36(21)16-20/h1,4-9,18,20-21,25-26,34,38-39H,2-3,10-16,33H2,(H,35,37)/t20?,21?,25-,26+/m1/s1. The summed E-state index contributed by atoms with van der Waals surface area (Å²) in [7, 11) is -2.91. The molecular weight excluding hydrogens is 548 g/mol. The van der Waals surface area contributed by atoms with E-state index in [9.17, 15) is 27.1 Å². The molecule has 2 aliphatic heterocycles. The lowest BCUT2D eigenvalue weighted by Crippen LogP contribution is -2.55. The summed E-state index contributed by atoms with van der Waals surface area (Å²) in [5, 5.41) is 6.15. The number of benzene rings is 2. The molecule has 3 unspecified atom stereocenters. The second kappa shape index (κ2) is 11.6. The van der Waals surface area contributed by atoms with Gasteiger partial charge in [-0.05, 0) is 61.4 Å². The van der Waals surface area contributed by atoms with Gasteiger partial charge in [-0.1, -0.05) is 18.2 Å². The zero-order valence-corrected chi connectivity index (χ0v) is 22.9. The molecule has 2 aromatic rings. The van der Waals surface area contributed by atoms with Gasteiger partial charge in [0.05, 0.1) is 11.8 Å². The molecule has 3 fully saturated rings. The van der Waals surface area contributed by atoms with Crippen LogP contribution in [0.4, 0.5) is 23.2 Å². The number of alkyl halides is 2. The van der Waals surface area contributed by atoms with Crippen molar-refractivity contribution in [2.75, 3.05) is 24.2 Å². The topological polar surface area (TPSA) is 111 Å². The van der Waals surface area contributed by atoms with Crippen LogP contribution in [-0.2, 0) is 11.2 Å². The van der Waals surface area contributed by atoms with Crippen LogP contribution >= 0.6 is 10.8 Å². The summed E-state index contributed by atoms with van der Waals surface area (Å²) in [6.07, 6.45) is 1.36. The van der Waals surface area contributed by atoms with E-state index in [1.54, 1.807) is 10.4 Å². The Balaban J connectivity index is 1.31. The number of nitrogens with zero attached hydrogens (tertiary/aromatic N) is 1. The van der Waals surface area contributed by atoms with Crippen molar-refractivity contribution in [2.24, 2.45) is 11.7 Å². The fraction of sp³-hybridized carbons (Fsp3) is 0.536. The third-order valence-electron chi connectivity index (χ3n) is 8.47. The summed E-state index contributed by atoms with van der Waals surface area (Å²) in [6.45, 7) is 1.04. The first-order chi connectivity index (χ1) is 18.9. The van der Waals surface area contributed by atoms with E-state index in [4.69, 9.17) is 5.73 Å². The van der Waals surface area contributed by atoms with Gasteiger partial charge in [-0.3, -0.25) is 13.9 Å². The Morgan fingerprint density at radius 3 is 2.60 bits per heavy atom. The SMILES string of the molecule is N[C@H](C(=O)Nc1cccc(F)c1CCC1CNC2CCCS(O)(O)N1C2)[C@H](c1ccc(F)cc1)C1CC(F)(F)C1. The number of anilines is 1. The van der Waals surface area contributed by atoms with Crippen molar-refractivity contribution >= 4 is 22.4 Å². The zero-order chi connectivity index (χ0) is 28.7. The maximum atomic E-state index is 15.0. The lowest BCUT2D eigenvalue weighted by atomic mass is 9.68. The Morgan fingerprint density at radius 1 is 1.18 bits per heavy atom. The van der Waals surface area contributed by atoms with Crippen LogP contribution in [0.3, 0.4) is 0 Å². The van der Waals surface area contributed by atoms with Crippen LogP contribution in [0.1, 0.15) is 49.1 Å². The van der Waals surface area contributed by atoms with Crippen molar-refractivity contribution < 1.29 is 31.5 Å². The summed E-state index contributed by atoms with van der Waals surface area (Å²) >= 11 is 0. The molecule has 2 heterocycles. The molecular formula is C28H36F4N4O3S. The number of carbonyl (C=O) groups excluding carboxylic acids is 1. The summed E-state index contributed by atoms with van der Waals surface area (Å²) in [6, 6.07) is 8.34. The van der Waals surface area contributed by atoms with E-state index in [-0.39, 0.29) is 29.8 Å². The highest BCUT2D eigenvalue weighted by molar-refractivity contribution is 8.22. The number of nitrogens with two attached hydrogens (primary N) is 1. The molecule has 2 saturated heterocycles. The minimum Gasteiger partial charge on any atom is -0.324 e. The average Bonchev–Trinajstić information content (AvgIpc) is 3.00. The molecule has 40 heavy (non-hydrogen) atoms. The van der Waals surface area contributed by atoms with Crippen molar-refractivity contribution in [3.8, 4) is 0 Å². The number of hydrogen-bond donors (Lipinski definition) is 5. The van der Waals surface area contributed by atoms with Crippen LogP contribution in [0, 0.1) is 17.6 Å². The molecule has 12 heteroatoms. The number of halogens is 4. The van der Waals surface area contributed by atoms with E-state index >= 15 is 4.39 Å². The van der Waals surface area contributed by atoms with Gasteiger partial charge in [0.25, 0.3) is 0 Å². The van der Waals surface area contributed by atoms with Gasteiger partial charge in [0.1, 0.15) is 11.6 Å². The Hall–Kier alpha value is -2.22. The van der Waals surface area contributed by atoms with Crippen molar-refractivity contribution in [1.82, 2.24) is 9.62 Å². The molecule has 0 radical (unpaired) electrons. The van der Waals surface area contributed by atoms with Crippen LogP contribution in [-0.4, -0.2) is 62.2 Å². The van der Waals surface area contributed by atoms with E-state index in [1.165, 1.54) is 36.4 Å². The first-order valence-electron chi connectivity index (χ1n) is 13.7. The van der Waals surface area contributed by atoms with Crippen molar-refractivity contribution in [1.29, 1.82) is 0 Å². The van der Waals surface area contributed by atoms with E-state index in [0.29, 0.717) is 37.2 Å². The summed E-state index contributed by atoms with van der Waals surface area (Å²) in [5.74, 6) is -5.53. The second-order valence-corrected chi connectivity index (χ2v) is 13.4. The largest absolute Gasteiger partial charge is 0.324 e. The van der Waals surface area contributed by atoms with Gasteiger partial charge >= 0.3 is 0 Å². The Bertz CT molecular complexity index is 1210. The number of amides is 1. The Morgan fingerprint density at radius 2 is 1.90 bits per heavy atom. The summed E-state index contributed by atoms with van der Waals surface area (Å²) in [5.41, 5.74) is 7.31. The quantitative estimate of drug-likeness (QED) is 0.277. The molecule has 220 valence electrons. The summed E-state index contributed by atoms with van der Waals surface area (Å²) in [4.78, 5) is 13.3. The minimum absolute atomic E-state index is 0.180. The molecule has 2 aromatic carbocycles. The maximum absolute atomic E-state index is 15.0. The third kappa shape index (κ3) is 6.32. The first-order valence-corrected chi connectivity index (χ1v) is 15.3. The molecule has 6 N–H and O–H groups in total. The number of piperazine rings is 1. The second-order valence-electron chi connectivity index (χ2n) is 11.3. The lowest BCUT2D eigenvalue weighted by Gasteiger charge is -2.49.